The monoisotopic (exact) mass is 438 g/mol. The van der Waals surface area contributed by atoms with E-state index in [2.05, 4.69) is 20.9 Å². The molecule has 0 radical (unpaired) electrons. The van der Waals surface area contributed by atoms with Crippen LogP contribution in [-0.4, -0.2) is 17.7 Å². The Morgan fingerprint density at radius 2 is 1.65 bits per heavy atom. The van der Waals surface area contributed by atoms with Crippen LogP contribution in [-0.2, 0) is 6.18 Å². The lowest BCUT2D eigenvalue weighted by Crippen LogP contribution is -2.24. The van der Waals surface area contributed by atoms with Crippen LogP contribution in [0.1, 0.15) is 5.56 Å². The maximum atomic E-state index is 12.8. The fraction of sp³-hybridized carbons (Fsp3) is 0.188. The van der Waals surface area contributed by atoms with E-state index in [4.69, 9.17) is 4.42 Å². The third-order valence-electron chi connectivity index (χ3n) is 3.53. The van der Waals surface area contributed by atoms with Crippen molar-refractivity contribution in [2.24, 2.45) is 0 Å². The van der Waals surface area contributed by atoms with Crippen LogP contribution >= 0.6 is 15.9 Å². The number of hydrogen-bond donors (Lipinski definition) is 0. The molecule has 1 aliphatic rings. The molecule has 138 valence electrons. The highest BCUT2D eigenvalue weighted by Gasteiger charge is 2.34. The van der Waals surface area contributed by atoms with Crippen LogP contribution in [0, 0.1) is 0 Å². The van der Waals surface area contributed by atoms with Crippen LogP contribution in [0.5, 0.6) is 0 Å². The summed E-state index contributed by atoms with van der Waals surface area (Å²) in [6, 6.07) is 4.09. The zero-order valence-electron chi connectivity index (χ0n) is 12.7. The van der Waals surface area contributed by atoms with E-state index in [1.54, 1.807) is 0 Å². The Balaban J connectivity index is 1.91. The standard InChI is InChI=1S/C16H9BrF6N2O/c17-13-12(9-3-5-10(6-4-9)15(18,19)20)24-14(26-13)25-7-1-2-11(8-25)16(21,22)23/h1-6,8H,7H2. The number of rotatable bonds is 2. The maximum Gasteiger partial charge on any atom is 0.417 e. The lowest BCUT2D eigenvalue weighted by Gasteiger charge is -2.20. The molecule has 0 amide bonds. The highest BCUT2D eigenvalue weighted by Crippen LogP contribution is 2.36. The number of nitrogens with zero attached hydrogens (tertiary/aromatic N) is 2. The van der Waals surface area contributed by atoms with Gasteiger partial charge in [0.05, 0.1) is 11.1 Å². The van der Waals surface area contributed by atoms with Crippen molar-refractivity contribution < 1.29 is 30.8 Å². The SMILES string of the molecule is FC(F)(F)C1=CN(c2nc(-c3ccc(C(F)(F)F)cc3)c(Br)o2)CC=C1. The summed E-state index contributed by atoms with van der Waals surface area (Å²) < 4.78 is 81.8. The second kappa shape index (κ2) is 6.49. The Morgan fingerprint density at radius 3 is 2.23 bits per heavy atom. The van der Waals surface area contributed by atoms with Gasteiger partial charge in [0.25, 0.3) is 0 Å². The molecule has 1 aromatic carbocycles. The molecule has 1 aliphatic heterocycles. The molecular weight excluding hydrogens is 430 g/mol. The molecule has 3 rings (SSSR count). The van der Waals surface area contributed by atoms with E-state index < -0.39 is 23.5 Å². The molecule has 0 atom stereocenters. The molecule has 0 fully saturated rings. The van der Waals surface area contributed by atoms with Crippen LogP contribution in [0.25, 0.3) is 11.3 Å². The fourth-order valence-corrected chi connectivity index (χ4v) is 2.73. The van der Waals surface area contributed by atoms with Crippen molar-refractivity contribution in [3.63, 3.8) is 0 Å². The minimum Gasteiger partial charge on any atom is -0.415 e. The fourth-order valence-electron chi connectivity index (χ4n) is 2.27. The third kappa shape index (κ3) is 3.79. The van der Waals surface area contributed by atoms with E-state index in [1.807, 2.05) is 0 Å². The number of halogens is 7. The number of hydrogen-bond acceptors (Lipinski definition) is 3. The maximum absolute atomic E-state index is 12.8. The third-order valence-corrected chi connectivity index (χ3v) is 4.07. The molecule has 1 aromatic heterocycles. The van der Waals surface area contributed by atoms with Gasteiger partial charge >= 0.3 is 18.4 Å². The first-order valence-corrected chi connectivity index (χ1v) is 7.91. The van der Waals surface area contributed by atoms with Gasteiger partial charge in [-0.2, -0.15) is 31.3 Å². The van der Waals surface area contributed by atoms with Crippen molar-refractivity contribution in [1.82, 2.24) is 4.98 Å². The Kier molecular flexibility index (Phi) is 4.63. The second-order valence-corrected chi connectivity index (χ2v) is 6.05. The largest absolute Gasteiger partial charge is 0.417 e. The number of anilines is 1. The summed E-state index contributed by atoms with van der Waals surface area (Å²) >= 11 is 3.09. The number of oxazole rings is 1. The average molecular weight is 439 g/mol. The predicted molar refractivity (Wildman–Crippen MR) is 85.3 cm³/mol. The highest BCUT2D eigenvalue weighted by atomic mass is 79.9. The van der Waals surface area contributed by atoms with Crippen LogP contribution in [0.4, 0.5) is 32.4 Å². The summed E-state index contributed by atoms with van der Waals surface area (Å²) in [5, 5.41) is 0. The first kappa shape index (κ1) is 18.6. The molecule has 2 heterocycles. The minimum atomic E-state index is -4.52. The molecule has 0 aliphatic carbocycles. The van der Waals surface area contributed by atoms with Crippen molar-refractivity contribution in [2.45, 2.75) is 12.4 Å². The van der Waals surface area contributed by atoms with E-state index in [9.17, 15) is 26.3 Å². The average Bonchev–Trinajstić information content (AvgIpc) is 2.95. The van der Waals surface area contributed by atoms with Gasteiger partial charge < -0.3 is 4.42 Å². The summed E-state index contributed by atoms with van der Waals surface area (Å²) in [7, 11) is 0. The van der Waals surface area contributed by atoms with Gasteiger partial charge in [-0.1, -0.05) is 24.3 Å². The van der Waals surface area contributed by atoms with Gasteiger partial charge in [0.2, 0.25) is 0 Å². The molecule has 2 aromatic rings. The van der Waals surface area contributed by atoms with Crippen molar-refractivity contribution in [2.75, 3.05) is 11.4 Å². The van der Waals surface area contributed by atoms with Crippen LogP contribution in [0.15, 0.2) is 57.3 Å². The summed E-state index contributed by atoms with van der Waals surface area (Å²) in [5.74, 6) is 0. The second-order valence-electron chi connectivity index (χ2n) is 5.33. The van der Waals surface area contributed by atoms with Crippen molar-refractivity contribution >= 4 is 21.9 Å². The zero-order chi connectivity index (χ0) is 19.1. The molecule has 0 spiro atoms. The van der Waals surface area contributed by atoms with E-state index in [1.165, 1.54) is 18.2 Å². The summed E-state index contributed by atoms with van der Waals surface area (Å²) in [6.07, 6.45) is -5.88. The van der Waals surface area contributed by atoms with Crippen molar-refractivity contribution in [3.8, 4) is 11.3 Å². The van der Waals surface area contributed by atoms with E-state index in [0.717, 1.165) is 29.3 Å². The molecule has 26 heavy (non-hydrogen) atoms. The first-order chi connectivity index (χ1) is 12.1. The molecule has 0 saturated carbocycles. The Morgan fingerprint density at radius 1 is 1.00 bits per heavy atom. The Labute approximate surface area is 151 Å². The van der Waals surface area contributed by atoms with Crippen LogP contribution in [0.2, 0.25) is 0 Å². The summed E-state index contributed by atoms with van der Waals surface area (Å²) in [5.41, 5.74) is -1.17. The Bertz CT molecular complexity index is 864. The molecule has 0 saturated heterocycles. The van der Waals surface area contributed by atoms with Gasteiger partial charge in [-0.15, -0.1) is 0 Å². The molecule has 0 unspecified atom stereocenters. The van der Waals surface area contributed by atoms with E-state index in [-0.39, 0.29) is 22.9 Å². The topological polar surface area (TPSA) is 29.3 Å². The summed E-state index contributed by atoms with van der Waals surface area (Å²) in [6.45, 7) is 0.110. The van der Waals surface area contributed by atoms with Gasteiger partial charge in [-0.05, 0) is 28.1 Å². The Hall–Kier alpha value is -2.23. The first-order valence-electron chi connectivity index (χ1n) is 7.12. The highest BCUT2D eigenvalue weighted by molar-refractivity contribution is 9.10. The molecule has 3 nitrogen and oxygen atoms in total. The normalized spacial score (nSPS) is 15.3. The van der Waals surface area contributed by atoms with Crippen LogP contribution < -0.4 is 4.90 Å². The smallest absolute Gasteiger partial charge is 0.415 e. The molecule has 0 N–H and O–H groups in total. The molecular formula is C16H9BrF6N2O. The number of alkyl halides is 6. The molecule has 10 heteroatoms. The van der Waals surface area contributed by atoms with Gasteiger partial charge in [0.15, 0.2) is 4.67 Å². The minimum absolute atomic E-state index is 0.101. The van der Waals surface area contributed by atoms with Crippen LogP contribution in [0.3, 0.4) is 0 Å². The van der Waals surface area contributed by atoms with Crippen molar-refractivity contribution in [3.05, 3.63) is 58.4 Å². The number of aromatic nitrogens is 1. The molecule has 0 bridgehead atoms. The summed E-state index contributed by atoms with van der Waals surface area (Å²) in [4.78, 5) is 5.25. The number of benzene rings is 1. The number of allylic oxidation sites excluding steroid dienone is 2. The predicted octanol–water partition coefficient (Wildman–Crippen LogP) is 5.95. The van der Waals surface area contributed by atoms with E-state index >= 15 is 0 Å². The van der Waals surface area contributed by atoms with Crippen molar-refractivity contribution in [1.29, 1.82) is 0 Å². The lowest BCUT2D eigenvalue weighted by molar-refractivity contribution is -0.137. The van der Waals surface area contributed by atoms with Gasteiger partial charge in [0, 0.05) is 18.3 Å². The quantitative estimate of drug-likeness (QED) is 0.543. The zero-order valence-corrected chi connectivity index (χ0v) is 14.3. The van der Waals surface area contributed by atoms with Gasteiger partial charge in [-0.25, -0.2) is 0 Å². The van der Waals surface area contributed by atoms with Gasteiger partial charge in [0.1, 0.15) is 5.69 Å². The lowest BCUT2D eigenvalue weighted by atomic mass is 10.1. The van der Waals surface area contributed by atoms with E-state index in [0.29, 0.717) is 5.56 Å². The van der Waals surface area contributed by atoms with Gasteiger partial charge in [-0.3, -0.25) is 4.90 Å².